The van der Waals surface area contributed by atoms with Crippen molar-refractivity contribution in [2.24, 2.45) is 5.84 Å². The van der Waals surface area contributed by atoms with Crippen molar-refractivity contribution in [3.8, 4) is 11.8 Å². The van der Waals surface area contributed by atoms with Crippen LogP contribution in [0.25, 0.3) is 0 Å². The first-order valence-corrected chi connectivity index (χ1v) is 7.45. The van der Waals surface area contributed by atoms with E-state index in [-0.39, 0.29) is 6.01 Å². The number of anilines is 2. The lowest BCUT2D eigenvalue weighted by molar-refractivity contribution is 0.440. The van der Waals surface area contributed by atoms with Crippen LogP contribution in [0, 0.1) is 0 Å². The number of ether oxygens (including phenoxy) is 1. The van der Waals surface area contributed by atoms with Crippen molar-refractivity contribution in [3.05, 3.63) is 28.7 Å². The number of nitrogen functional groups attached to an aromatic ring is 1. The van der Waals surface area contributed by atoms with Crippen molar-refractivity contribution in [3.63, 3.8) is 0 Å². The fourth-order valence-corrected chi connectivity index (χ4v) is 2.39. The molecular weight excluding hydrogens is 336 g/mol. The maximum atomic E-state index is 5.67. The monoisotopic (exact) mass is 350 g/mol. The molecule has 1 saturated heterocycles. The summed E-state index contributed by atoms with van der Waals surface area (Å²) >= 11 is 3.38. The van der Waals surface area contributed by atoms with E-state index in [2.05, 4.69) is 41.2 Å². The van der Waals surface area contributed by atoms with Gasteiger partial charge in [0.1, 0.15) is 5.75 Å². The Balaban J connectivity index is 1.86. The van der Waals surface area contributed by atoms with Crippen LogP contribution in [0.1, 0.15) is 12.8 Å². The lowest BCUT2D eigenvalue weighted by Crippen LogP contribution is -2.22. The van der Waals surface area contributed by atoms with Gasteiger partial charge >= 0.3 is 6.01 Å². The zero-order chi connectivity index (χ0) is 14.7. The van der Waals surface area contributed by atoms with Crippen molar-refractivity contribution < 1.29 is 4.74 Å². The van der Waals surface area contributed by atoms with E-state index in [1.54, 1.807) is 0 Å². The summed E-state index contributed by atoms with van der Waals surface area (Å²) in [5.74, 6) is 6.95. The van der Waals surface area contributed by atoms with Gasteiger partial charge in [0.15, 0.2) is 0 Å². The summed E-state index contributed by atoms with van der Waals surface area (Å²) in [7, 11) is 0. The third-order valence-corrected chi connectivity index (χ3v) is 3.67. The van der Waals surface area contributed by atoms with Crippen molar-refractivity contribution in [1.82, 2.24) is 15.0 Å². The normalized spacial score (nSPS) is 14.3. The zero-order valence-electron chi connectivity index (χ0n) is 11.3. The average molecular weight is 351 g/mol. The Bertz CT molecular complexity index is 615. The van der Waals surface area contributed by atoms with Crippen LogP contribution < -0.4 is 20.9 Å². The molecule has 1 aliphatic rings. The summed E-state index contributed by atoms with van der Waals surface area (Å²) in [4.78, 5) is 14.8. The molecule has 3 N–H and O–H groups in total. The summed E-state index contributed by atoms with van der Waals surface area (Å²) in [6.07, 6.45) is 2.28. The van der Waals surface area contributed by atoms with Crippen LogP contribution >= 0.6 is 15.9 Å². The van der Waals surface area contributed by atoms with Gasteiger partial charge in [-0.05, 0) is 37.1 Å². The Kier molecular flexibility index (Phi) is 4.16. The van der Waals surface area contributed by atoms with E-state index in [9.17, 15) is 0 Å². The number of halogens is 1. The van der Waals surface area contributed by atoms with E-state index >= 15 is 0 Å². The first kappa shape index (κ1) is 14.0. The van der Waals surface area contributed by atoms with Gasteiger partial charge in [-0.25, -0.2) is 5.84 Å². The van der Waals surface area contributed by atoms with Gasteiger partial charge in [0.25, 0.3) is 0 Å². The molecule has 0 saturated carbocycles. The van der Waals surface area contributed by atoms with Gasteiger partial charge in [-0.3, -0.25) is 5.43 Å². The molecule has 2 heterocycles. The number of nitrogens with one attached hydrogen (secondary N) is 1. The zero-order valence-corrected chi connectivity index (χ0v) is 12.9. The lowest BCUT2D eigenvalue weighted by atomic mass is 10.3. The maximum absolute atomic E-state index is 5.67. The van der Waals surface area contributed by atoms with E-state index < -0.39 is 0 Å². The Morgan fingerprint density at radius 2 is 1.81 bits per heavy atom. The number of rotatable bonds is 4. The van der Waals surface area contributed by atoms with Gasteiger partial charge in [-0.1, -0.05) is 15.9 Å². The van der Waals surface area contributed by atoms with Crippen LogP contribution in [0.15, 0.2) is 28.7 Å². The highest BCUT2D eigenvalue weighted by molar-refractivity contribution is 9.10. The molecule has 0 unspecified atom stereocenters. The van der Waals surface area contributed by atoms with E-state index in [4.69, 9.17) is 10.6 Å². The molecule has 21 heavy (non-hydrogen) atoms. The van der Waals surface area contributed by atoms with E-state index in [0.717, 1.165) is 30.4 Å². The number of nitrogens with zero attached hydrogens (tertiary/aromatic N) is 4. The Labute approximate surface area is 130 Å². The Morgan fingerprint density at radius 3 is 2.48 bits per heavy atom. The first-order valence-electron chi connectivity index (χ1n) is 6.65. The van der Waals surface area contributed by atoms with E-state index in [1.165, 1.54) is 0 Å². The Morgan fingerprint density at radius 1 is 1.10 bits per heavy atom. The number of benzene rings is 1. The minimum absolute atomic E-state index is 0.224. The predicted octanol–water partition coefficient (Wildman–Crippen LogP) is 2.31. The fourth-order valence-electron chi connectivity index (χ4n) is 2.12. The van der Waals surface area contributed by atoms with Gasteiger partial charge in [0, 0.05) is 17.6 Å². The molecule has 1 aromatic heterocycles. The summed E-state index contributed by atoms with van der Waals surface area (Å²) in [5, 5.41) is 0. The summed E-state index contributed by atoms with van der Waals surface area (Å²) in [6.45, 7) is 1.87. The first-order chi connectivity index (χ1) is 10.2. The molecular formula is C13H15BrN6O. The van der Waals surface area contributed by atoms with Gasteiger partial charge in [-0.2, -0.15) is 15.0 Å². The number of aromatic nitrogens is 3. The van der Waals surface area contributed by atoms with Gasteiger partial charge in [0.05, 0.1) is 0 Å². The Hall–Kier alpha value is -1.93. The minimum Gasteiger partial charge on any atom is -0.424 e. The van der Waals surface area contributed by atoms with Crippen LogP contribution in [0.3, 0.4) is 0 Å². The van der Waals surface area contributed by atoms with E-state index in [1.807, 2.05) is 24.3 Å². The van der Waals surface area contributed by atoms with Crippen molar-refractivity contribution in [2.75, 3.05) is 23.4 Å². The van der Waals surface area contributed by atoms with Crippen molar-refractivity contribution >= 4 is 27.8 Å². The predicted molar refractivity (Wildman–Crippen MR) is 83.3 cm³/mol. The van der Waals surface area contributed by atoms with Gasteiger partial charge in [-0.15, -0.1) is 0 Å². The lowest BCUT2D eigenvalue weighted by Gasteiger charge is -2.16. The second-order valence-corrected chi connectivity index (χ2v) is 5.55. The fraction of sp³-hybridized carbons (Fsp3) is 0.308. The molecule has 1 aromatic carbocycles. The summed E-state index contributed by atoms with van der Waals surface area (Å²) < 4.78 is 6.65. The molecule has 0 amide bonds. The van der Waals surface area contributed by atoms with Crippen LogP contribution in [0.5, 0.6) is 11.8 Å². The highest BCUT2D eigenvalue weighted by Crippen LogP contribution is 2.24. The molecule has 0 radical (unpaired) electrons. The highest BCUT2D eigenvalue weighted by Gasteiger charge is 2.18. The number of hydrazine groups is 1. The van der Waals surface area contributed by atoms with E-state index in [0.29, 0.717) is 17.6 Å². The number of hydrogen-bond acceptors (Lipinski definition) is 7. The maximum Gasteiger partial charge on any atom is 0.328 e. The topological polar surface area (TPSA) is 89.2 Å². The summed E-state index contributed by atoms with van der Waals surface area (Å²) in [6, 6.07) is 7.67. The van der Waals surface area contributed by atoms with Gasteiger partial charge < -0.3 is 9.64 Å². The van der Waals surface area contributed by atoms with Crippen LogP contribution in [-0.4, -0.2) is 28.0 Å². The molecule has 3 rings (SSSR count). The SMILES string of the molecule is NNc1nc(Oc2ccc(Br)cc2)nc(N2CCCC2)n1. The van der Waals surface area contributed by atoms with Crippen LogP contribution in [0.2, 0.25) is 0 Å². The molecule has 7 nitrogen and oxygen atoms in total. The molecule has 0 atom stereocenters. The quantitative estimate of drug-likeness (QED) is 0.645. The smallest absolute Gasteiger partial charge is 0.328 e. The van der Waals surface area contributed by atoms with Crippen LogP contribution in [0.4, 0.5) is 11.9 Å². The third-order valence-electron chi connectivity index (χ3n) is 3.14. The molecule has 1 aliphatic heterocycles. The number of nitrogens with two attached hydrogens (primary N) is 1. The second-order valence-electron chi connectivity index (χ2n) is 4.64. The number of hydrogen-bond donors (Lipinski definition) is 2. The summed E-state index contributed by atoms with van der Waals surface area (Å²) in [5.41, 5.74) is 2.45. The molecule has 1 fully saturated rings. The highest BCUT2D eigenvalue weighted by atomic mass is 79.9. The largest absolute Gasteiger partial charge is 0.424 e. The third kappa shape index (κ3) is 3.40. The molecule has 0 aliphatic carbocycles. The van der Waals surface area contributed by atoms with Crippen LogP contribution in [-0.2, 0) is 0 Å². The molecule has 0 spiro atoms. The molecule has 110 valence electrons. The van der Waals surface area contributed by atoms with Crippen molar-refractivity contribution in [2.45, 2.75) is 12.8 Å². The molecule has 0 bridgehead atoms. The molecule has 2 aromatic rings. The standard InChI is InChI=1S/C13H15BrN6O/c14-9-3-5-10(6-4-9)21-13-17-11(19-15)16-12(18-13)20-7-1-2-8-20/h3-6H,1-2,7-8,15H2,(H,16,17,18,19). The van der Waals surface area contributed by atoms with Crippen molar-refractivity contribution in [1.29, 1.82) is 0 Å². The minimum atomic E-state index is 0.224. The van der Waals surface area contributed by atoms with Gasteiger partial charge in [0.2, 0.25) is 11.9 Å². The molecule has 8 heteroatoms. The average Bonchev–Trinajstić information content (AvgIpc) is 3.04. The second kappa shape index (κ2) is 6.23.